The van der Waals surface area contributed by atoms with Gasteiger partial charge in [0.1, 0.15) is 5.54 Å². The molecule has 1 saturated carbocycles. The van der Waals surface area contributed by atoms with E-state index in [-0.39, 0.29) is 5.54 Å². The average Bonchev–Trinajstić information content (AvgIpc) is 3.15. The van der Waals surface area contributed by atoms with Crippen LogP contribution in [0.15, 0.2) is 42.7 Å². The van der Waals surface area contributed by atoms with Gasteiger partial charge in [0.25, 0.3) is 0 Å². The molecular weight excluding hydrogens is 248 g/mol. The molecule has 4 heteroatoms. The van der Waals surface area contributed by atoms with Crippen LogP contribution in [0.1, 0.15) is 25.3 Å². The molecule has 1 aromatic carbocycles. The number of aromatic nitrogens is 2. The molecule has 2 atom stereocenters. The van der Waals surface area contributed by atoms with Gasteiger partial charge in [-0.2, -0.15) is 10.4 Å². The zero-order valence-electron chi connectivity index (χ0n) is 11.6. The lowest BCUT2D eigenvalue weighted by atomic mass is 10.0. The number of nitrogens with zero attached hydrogens (tertiary/aromatic N) is 3. The van der Waals surface area contributed by atoms with Gasteiger partial charge >= 0.3 is 0 Å². The molecule has 3 rings (SSSR count). The van der Waals surface area contributed by atoms with Gasteiger partial charge < -0.3 is 5.32 Å². The van der Waals surface area contributed by atoms with Crippen molar-refractivity contribution in [2.75, 3.05) is 7.05 Å². The highest BCUT2D eigenvalue weighted by Gasteiger charge is 2.39. The van der Waals surface area contributed by atoms with Crippen LogP contribution in [-0.2, 0) is 0 Å². The summed E-state index contributed by atoms with van der Waals surface area (Å²) < 4.78 is 2.01. The van der Waals surface area contributed by atoms with Crippen LogP contribution in [-0.4, -0.2) is 22.4 Å². The quantitative estimate of drug-likeness (QED) is 0.929. The molecule has 1 aliphatic rings. The summed E-state index contributed by atoms with van der Waals surface area (Å²) in [6.45, 7) is 0. The van der Waals surface area contributed by atoms with Crippen LogP contribution >= 0.6 is 0 Å². The van der Waals surface area contributed by atoms with Gasteiger partial charge in [-0.1, -0.05) is 30.3 Å². The maximum absolute atomic E-state index is 9.32. The molecule has 1 heterocycles. The Balaban J connectivity index is 1.81. The van der Waals surface area contributed by atoms with Gasteiger partial charge in [-0.15, -0.1) is 0 Å². The van der Waals surface area contributed by atoms with Gasteiger partial charge in [0, 0.05) is 18.2 Å². The van der Waals surface area contributed by atoms with Gasteiger partial charge in [0.2, 0.25) is 0 Å². The molecule has 2 unspecified atom stereocenters. The van der Waals surface area contributed by atoms with E-state index in [4.69, 9.17) is 0 Å². The van der Waals surface area contributed by atoms with Crippen LogP contribution in [0.25, 0.3) is 11.1 Å². The number of hydrogen-bond acceptors (Lipinski definition) is 3. The summed E-state index contributed by atoms with van der Waals surface area (Å²) >= 11 is 0. The first-order valence-electron chi connectivity index (χ1n) is 6.96. The van der Waals surface area contributed by atoms with Gasteiger partial charge in [-0.3, -0.25) is 4.68 Å². The van der Waals surface area contributed by atoms with E-state index in [1.807, 2.05) is 36.1 Å². The Bertz CT molecular complexity index is 625. The first kappa shape index (κ1) is 12.9. The molecule has 0 amide bonds. The zero-order valence-corrected chi connectivity index (χ0v) is 11.6. The number of nitriles is 1. The van der Waals surface area contributed by atoms with Crippen molar-refractivity contribution in [2.24, 2.45) is 0 Å². The minimum absolute atomic E-state index is 0.305. The van der Waals surface area contributed by atoms with E-state index in [0.717, 1.165) is 24.8 Å². The second kappa shape index (κ2) is 5.10. The van der Waals surface area contributed by atoms with Crippen molar-refractivity contribution >= 4 is 0 Å². The molecule has 2 aromatic rings. The molecule has 1 aromatic heterocycles. The molecule has 0 spiro atoms. The summed E-state index contributed by atoms with van der Waals surface area (Å²) in [7, 11) is 1.87. The lowest BCUT2D eigenvalue weighted by Gasteiger charge is -2.19. The maximum atomic E-state index is 9.32. The van der Waals surface area contributed by atoms with E-state index in [1.165, 1.54) is 5.56 Å². The predicted molar refractivity (Wildman–Crippen MR) is 78.0 cm³/mol. The Labute approximate surface area is 119 Å². The first-order valence-corrected chi connectivity index (χ1v) is 6.96. The molecule has 4 nitrogen and oxygen atoms in total. The number of hydrogen-bond donors (Lipinski definition) is 1. The third-order valence-corrected chi connectivity index (χ3v) is 4.26. The number of benzene rings is 1. The summed E-state index contributed by atoms with van der Waals surface area (Å²) in [6, 6.07) is 13.0. The lowest BCUT2D eigenvalue weighted by Crippen LogP contribution is -2.38. The van der Waals surface area contributed by atoms with Crippen LogP contribution in [0.3, 0.4) is 0 Å². The monoisotopic (exact) mass is 266 g/mol. The Morgan fingerprint density at radius 2 is 2.15 bits per heavy atom. The second-order valence-corrected chi connectivity index (χ2v) is 5.42. The van der Waals surface area contributed by atoms with E-state index < -0.39 is 0 Å². The SMILES string of the molecule is CNC1(C#N)CCC(n2cc(-c3ccccc3)cn2)C1. The minimum atomic E-state index is -0.385. The molecule has 0 bridgehead atoms. The average molecular weight is 266 g/mol. The minimum Gasteiger partial charge on any atom is -0.302 e. The molecule has 0 aliphatic heterocycles. The fourth-order valence-electron chi connectivity index (χ4n) is 2.95. The highest BCUT2D eigenvalue weighted by atomic mass is 15.3. The molecule has 0 radical (unpaired) electrons. The maximum Gasteiger partial charge on any atom is 0.108 e. The Hall–Kier alpha value is -2.12. The van der Waals surface area contributed by atoms with E-state index in [9.17, 15) is 5.26 Å². The van der Waals surface area contributed by atoms with Crippen molar-refractivity contribution in [3.63, 3.8) is 0 Å². The van der Waals surface area contributed by atoms with Crippen molar-refractivity contribution in [1.82, 2.24) is 15.1 Å². The van der Waals surface area contributed by atoms with E-state index in [2.05, 4.69) is 34.8 Å². The molecule has 1 N–H and O–H groups in total. The standard InChI is InChI=1S/C16H18N4/c1-18-16(12-17)8-7-15(9-16)20-11-14(10-19-20)13-5-3-2-4-6-13/h2-6,10-11,15,18H,7-9H2,1H3. The number of nitrogens with one attached hydrogen (secondary N) is 1. The van der Waals surface area contributed by atoms with Gasteiger partial charge in [-0.05, 0) is 25.5 Å². The first-order chi connectivity index (χ1) is 9.76. The molecule has 20 heavy (non-hydrogen) atoms. The highest BCUT2D eigenvalue weighted by Crippen LogP contribution is 2.37. The van der Waals surface area contributed by atoms with Crippen LogP contribution in [0.2, 0.25) is 0 Å². The fourth-order valence-corrected chi connectivity index (χ4v) is 2.95. The topological polar surface area (TPSA) is 53.6 Å². The Morgan fingerprint density at radius 1 is 1.35 bits per heavy atom. The van der Waals surface area contributed by atoms with Crippen LogP contribution in [0.5, 0.6) is 0 Å². The van der Waals surface area contributed by atoms with Gasteiger partial charge in [0.05, 0.1) is 18.3 Å². The van der Waals surface area contributed by atoms with Crippen molar-refractivity contribution in [3.05, 3.63) is 42.7 Å². The smallest absolute Gasteiger partial charge is 0.108 e. The summed E-state index contributed by atoms with van der Waals surface area (Å²) in [6.07, 6.45) is 6.68. The highest BCUT2D eigenvalue weighted by molar-refractivity contribution is 5.61. The van der Waals surface area contributed by atoms with Crippen LogP contribution in [0, 0.1) is 11.3 Å². The number of rotatable bonds is 3. The second-order valence-electron chi connectivity index (χ2n) is 5.42. The Morgan fingerprint density at radius 3 is 2.80 bits per heavy atom. The molecule has 102 valence electrons. The largest absolute Gasteiger partial charge is 0.302 e. The zero-order chi connectivity index (χ0) is 14.0. The molecule has 0 saturated heterocycles. The summed E-state index contributed by atoms with van der Waals surface area (Å²) in [5, 5.41) is 17.0. The molecule has 1 fully saturated rings. The summed E-state index contributed by atoms with van der Waals surface area (Å²) in [5.41, 5.74) is 1.92. The molecule has 1 aliphatic carbocycles. The van der Waals surface area contributed by atoms with E-state index in [0.29, 0.717) is 6.04 Å². The fraction of sp³-hybridized carbons (Fsp3) is 0.375. The van der Waals surface area contributed by atoms with Crippen LogP contribution in [0.4, 0.5) is 0 Å². The summed E-state index contributed by atoms with van der Waals surface area (Å²) in [4.78, 5) is 0. The van der Waals surface area contributed by atoms with E-state index in [1.54, 1.807) is 0 Å². The summed E-state index contributed by atoms with van der Waals surface area (Å²) in [5.74, 6) is 0. The third-order valence-electron chi connectivity index (χ3n) is 4.26. The Kier molecular flexibility index (Phi) is 3.29. The predicted octanol–water partition coefficient (Wildman–Crippen LogP) is 2.76. The van der Waals surface area contributed by atoms with E-state index >= 15 is 0 Å². The van der Waals surface area contributed by atoms with Gasteiger partial charge in [0.15, 0.2) is 0 Å². The van der Waals surface area contributed by atoms with Crippen molar-refractivity contribution in [1.29, 1.82) is 5.26 Å². The van der Waals surface area contributed by atoms with Gasteiger partial charge in [-0.25, -0.2) is 0 Å². The van der Waals surface area contributed by atoms with Crippen molar-refractivity contribution < 1.29 is 0 Å². The normalized spacial score (nSPS) is 25.5. The van der Waals surface area contributed by atoms with Crippen molar-refractivity contribution in [2.45, 2.75) is 30.8 Å². The van der Waals surface area contributed by atoms with Crippen molar-refractivity contribution in [3.8, 4) is 17.2 Å². The lowest BCUT2D eigenvalue weighted by molar-refractivity contribution is 0.410. The molecular formula is C16H18N4. The van der Waals surface area contributed by atoms with Crippen LogP contribution < -0.4 is 5.32 Å². The third kappa shape index (κ3) is 2.21.